The van der Waals surface area contributed by atoms with Crippen LogP contribution >= 0.6 is 0 Å². The number of aliphatic carboxylic acids is 1. The zero-order valence-corrected chi connectivity index (χ0v) is 22.6. The minimum atomic E-state index is -1.89. The van der Waals surface area contributed by atoms with Crippen LogP contribution in [0.15, 0.2) is 0 Å². The van der Waals surface area contributed by atoms with Crippen LogP contribution in [0, 0.1) is 5.92 Å². The number of carboxylic acid groups (broad SMARTS) is 1. The average Bonchev–Trinajstić information content (AvgIpc) is 2.96. The van der Waals surface area contributed by atoms with Gasteiger partial charge in [0.15, 0.2) is 0 Å². The Morgan fingerprint density at radius 2 is 0.976 bits per heavy atom. The highest BCUT2D eigenvalue weighted by Gasteiger charge is 2.31. The van der Waals surface area contributed by atoms with Gasteiger partial charge in [-0.25, -0.2) is 0 Å². The molecular formula is C23H45N3O15. The summed E-state index contributed by atoms with van der Waals surface area (Å²) in [5.74, 6) is -3.39. The molecule has 0 aromatic carbocycles. The molecule has 0 aromatic heterocycles. The highest BCUT2D eigenvalue weighted by molar-refractivity contribution is 5.78. The van der Waals surface area contributed by atoms with Crippen LogP contribution in [0.3, 0.4) is 0 Å². The summed E-state index contributed by atoms with van der Waals surface area (Å²) in [4.78, 5) is 35.6. The van der Waals surface area contributed by atoms with Crippen molar-refractivity contribution in [2.75, 3.05) is 26.3 Å². The van der Waals surface area contributed by atoms with Crippen LogP contribution in [-0.2, 0) is 14.4 Å². The predicted octanol–water partition coefficient (Wildman–Crippen LogP) is -7.35. The molecule has 0 spiro atoms. The molecule has 0 aromatic rings. The summed E-state index contributed by atoms with van der Waals surface area (Å²) in [5.41, 5.74) is 0. The molecule has 2 amide bonds. The van der Waals surface area contributed by atoms with Crippen molar-refractivity contribution in [3.05, 3.63) is 0 Å². The topological polar surface area (TPSA) is 330 Å². The summed E-state index contributed by atoms with van der Waals surface area (Å²) < 4.78 is 0. The van der Waals surface area contributed by atoms with Crippen molar-refractivity contribution < 1.29 is 75.7 Å². The van der Waals surface area contributed by atoms with E-state index >= 15 is 0 Å². The van der Waals surface area contributed by atoms with E-state index in [1.807, 2.05) is 0 Å². The van der Waals surface area contributed by atoms with Crippen LogP contribution in [0.5, 0.6) is 0 Å². The molecule has 0 saturated carbocycles. The molecule has 0 saturated heterocycles. The molecule has 41 heavy (non-hydrogen) atoms. The number of aliphatic hydroxyl groups is 11. The van der Waals surface area contributed by atoms with Gasteiger partial charge in [-0.3, -0.25) is 19.7 Å². The molecule has 11 atom stereocenters. The lowest BCUT2D eigenvalue weighted by Crippen LogP contribution is -2.50. The van der Waals surface area contributed by atoms with Crippen molar-refractivity contribution in [2.45, 2.75) is 93.7 Å². The molecule has 0 aliphatic heterocycles. The monoisotopic (exact) mass is 603 g/mol. The molecule has 0 radical (unpaired) electrons. The first-order valence-electron chi connectivity index (χ1n) is 12.9. The van der Waals surface area contributed by atoms with Gasteiger partial charge in [0.2, 0.25) is 11.8 Å². The Morgan fingerprint density at radius 1 is 0.610 bits per heavy atom. The van der Waals surface area contributed by atoms with Gasteiger partial charge in [-0.1, -0.05) is 6.92 Å². The summed E-state index contributed by atoms with van der Waals surface area (Å²) >= 11 is 0. The molecule has 18 nitrogen and oxygen atoms in total. The number of amides is 2. The number of carbonyl (C=O) groups is 3. The predicted molar refractivity (Wildman–Crippen MR) is 136 cm³/mol. The molecule has 18 heteroatoms. The van der Waals surface area contributed by atoms with E-state index in [1.165, 1.54) is 6.92 Å². The van der Waals surface area contributed by atoms with Crippen LogP contribution in [0.4, 0.5) is 0 Å². The highest BCUT2D eigenvalue weighted by atomic mass is 16.4. The van der Waals surface area contributed by atoms with Gasteiger partial charge < -0.3 is 71.9 Å². The van der Waals surface area contributed by atoms with Gasteiger partial charge in [0.05, 0.1) is 25.4 Å². The summed E-state index contributed by atoms with van der Waals surface area (Å²) in [5, 5.41) is 121. The fraction of sp³-hybridized carbons (Fsp3) is 0.870. The normalized spacial score (nSPS) is 19.9. The minimum Gasteiger partial charge on any atom is -0.480 e. The van der Waals surface area contributed by atoms with Crippen LogP contribution < -0.4 is 16.0 Å². The van der Waals surface area contributed by atoms with Crippen LogP contribution in [0.25, 0.3) is 0 Å². The van der Waals surface area contributed by atoms with Gasteiger partial charge in [0.25, 0.3) is 0 Å². The highest BCUT2D eigenvalue weighted by Crippen LogP contribution is 2.12. The van der Waals surface area contributed by atoms with E-state index < -0.39 is 111 Å². The summed E-state index contributed by atoms with van der Waals surface area (Å²) in [6, 6.07) is -1.39. The molecule has 0 unspecified atom stereocenters. The number of carbonyl (C=O) groups excluding carboxylic acids is 2. The SMILES string of the molecule is C[C@@H](CCC(=O)NC[C@@H](O)[C@H](O)[C@@H](O)[C@@H](O)CO)[C@@H](O)N[C@@H](CCC(=O)NC[C@H](O)[C@@H](O)[C@H](O)[C@H](O)CO)C(=O)O. The molecule has 0 aliphatic carbocycles. The van der Waals surface area contributed by atoms with Crippen molar-refractivity contribution in [2.24, 2.45) is 5.92 Å². The largest absolute Gasteiger partial charge is 0.480 e. The Balaban J connectivity index is 4.57. The Labute approximate surface area is 235 Å². The smallest absolute Gasteiger partial charge is 0.320 e. The maximum absolute atomic E-state index is 12.0. The lowest BCUT2D eigenvalue weighted by Gasteiger charge is -2.26. The molecule has 0 bridgehead atoms. The van der Waals surface area contributed by atoms with E-state index in [2.05, 4.69) is 16.0 Å². The van der Waals surface area contributed by atoms with Crippen molar-refractivity contribution in [3.63, 3.8) is 0 Å². The van der Waals surface area contributed by atoms with Crippen LogP contribution in [0.2, 0.25) is 0 Å². The number of hydrogen-bond acceptors (Lipinski definition) is 15. The summed E-state index contributed by atoms with van der Waals surface area (Å²) in [6.07, 6.45) is -16.5. The fourth-order valence-electron chi connectivity index (χ4n) is 3.42. The van der Waals surface area contributed by atoms with E-state index in [-0.39, 0.29) is 25.7 Å². The first-order valence-corrected chi connectivity index (χ1v) is 12.9. The summed E-state index contributed by atoms with van der Waals surface area (Å²) in [6.45, 7) is -1.27. The molecule has 0 aliphatic rings. The lowest BCUT2D eigenvalue weighted by molar-refractivity contribution is -0.141. The lowest BCUT2D eigenvalue weighted by atomic mass is 10.0. The molecule has 242 valence electrons. The minimum absolute atomic E-state index is 0.0500. The van der Waals surface area contributed by atoms with Gasteiger partial charge in [-0.05, 0) is 18.8 Å². The second-order valence-electron chi connectivity index (χ2n) is 9.76. The third-order valence-corrected chi connectivity index (χ3v) is 6.36. The molecular weight excluding hydrogens is 558 g/mol. The number of rotatable bonds is 22. The quantitative estimate of drug-likeness (QED) is 0.0511. The first-order chi connectivity index (χ1) is 19.1. The van der Waals surface area contributed by atoms with Gasteiger partial charge >= 0.3 is 5.97 Å². The zero-order chi connectivity index (χ0) is 31.9. The van der Waals surface area contributed by atoms with E-state index in [9.17, 15) is 65.4 Å². The Hall–Kier alpha value is -2.07. The molecule has 15 N–H and O–H groups in total. The Bertz CT molecular complexity index is 779. The van der Waals surface area contributed by atoms with Crippen molar-refractivity contribution in [1.29, 1.82) is 0 Å². The van der Waals surface area contributed by atoms with Gasteiger partial charge in [-0.2, -0.15) is 0 Å². The van der Waals surface area contributed by atoms with Gasteiger partial charge in [0.1, 0.15) is 48.9 Å². The van der Waals surface area contributed by atoms with Crippen molar-refractivity contribution >= 4 is 17.8 Å². The van der Waals surface area contributed by atoms with Gasteiger partial charge in [0, 0.05) is 25.9 Å². The van der Waals surface area contributed by atoms with E-state index in [0.29, 0.717) is 0 Å². The average molecular weight is 604 g/mol. The summed E-state index contributed by atoms with van der Waals surface area (Å²) in [7, 11) is 0. The van der Waals surface area contributed by atoms with Crippen LogP contribution in [0.1, 0.15) is 32.6 Å². The second kappa shape index (κ2) is 19.9. The first kappa shape index (κ1) is 38.9. The third kappa shape index (κ3) is 14.6. The maximum atomic E-state index is 12.0. The molecule has 0 heterocycles. The number of hydrogen-bond donors (Lipinski definition) is 15. The Kier molecular flexibility index (Phi) is 18.9. The fourth-order valence-corrected chi connectivity index (χ4v) is 3.42. The van der Waals surface area contributed by atoms with E-state index in [0.717, 1.165) is 0 Å². The Morgan fingerprint density at radius 3 is 1.34 bits per heavy atom. The molecule has 0 rings (SSSR count). The molecule has 0 fully saturated rings. The van der Waals surface area contributed by atoms with Crippen molar-refractivity contribution in [3.8, 4) is 0 Å². The third-order valence-electron chi connectivity index (χ3n) is 6.36. The maximum Gasteiger partial charge on any atom is 0.320 e. The zero-order valence-electron chi connectivity index (χ0n) is 22.6. The standard InChI is InChI=1S/C23H45N3O15/c1-10(2-4-16(33)24-6-12(29)18(35)20(37)14(31)8-27)22(39)26-11(23(40)41)3-5-17(34)25-7-13(30)19(36)21(38)15(32)9-28/h10-15,18-22,26-32,35-39H,2-9H2,1H3,(H,24,33)(H,25,34)(H,40,41)/t10-,11-,12+,13-,14-,15+,18-,19+,20-,21+,22+/m0/s1. The van der Waals surface area contributed by atoms with Gasteiger partial charge in [-0.15, -0.1) is 0 Å². The van der Waals surface area contributed by atoms with Crippen molar-refractivity contribution in [1.82, 2.24) is 16.0 Å². The number of nitrogens with one attached hydrogen (secondary N) is 3. The number of aliphatic hydroxyl groups excluding tert-OH is 11. The second-order valence-corrected chi connectivity index (χ2v) is 9.76. The number of carboxylic acids is 1. The van der Waals surface area contributed by atoms with E-state index in [1.54, 1.807) is 0 Å². The van der Waals surface area contributed by atoms with Crippen LogP contribution in [-0.4, -0.2) is 166 Å². The van der Waals surface area contributed by atoms with E-state index in [4.69, 9.17) is 10.2 Å².